The van der Waals surface area contributed by atoms with Crippen molar-refractivity contribution in [1.29, 1.82) is 0 Å². The fraction of sp³-hybridized carbons (Fsp3) is 0.308. The van der Waals surface area contributed by atoms with Crippen LogP contribution in [0.3, 0.4) is 0 Å². The number of hydrogen-bond donors (Lipinski definition) is 1. The van der Waals surface area contributed by atoms with E-state index in [4.69, 9.17) is 11.6 Å². The zero-order chi connectivity index (χ0) is 14.7. The van der Waals surface area contributed by atoms with Gasteiger partial charge in [-0.15, -0.1) is 0 Å². The molecule has 1 N–H and O–H groups in total. The molecule has 0 aliphatic carbocycles. The molecule has 20 heavy (non-hydrogen) atoms. The van der Waals surface area contributed by atoms with Gasteiger partial charge in [0.05, 0.1) is 31.1 Å². The molecule has 0 aliphatic heterocycles. The third-order valence-electron chi connectivity index (χ3n) is 2.76. The van der Waals surface area contributed by atoms with E-state index in [1.54, 1.807) is 30.1 Å². The fourth-order valence-corrected chi connectivity index (χ4v) is 2.00. The molecule has 1 heterocycles. The number of H-pyrrole nitrogens is 1. The highest BCUT2D eigenvalue weighted by molar-refractivity contribution is 6.31. The van der Waals surface area contributed by atoms with Crippen LogP contribution in [0.1, 0.15) is 5.82 Å². The van der Waals surface area contributed by atoms with Crippen molar-refractivity contribution < 1.29 is 9.53 Å². The van der Waals surface area contributed by atoms with Crippen molar-refractivity contribution in [2.24, 2.45) is 0 Å². The van der Waals surface area contributed by atoms with E-state index in [1.807, 2.05) is 0 Å². The first kappa shape index (κ1) is 14.5. The van der Waals surface area contributed by atoms with Gasteiger partial charge in [-0.05, 0) is 25.2 Å². The highest BCUT2D eigenvalue weighted by atomic mass is 35.5. The Labute approximate surface area is 120 Å². The Bertz CT molecular complexity index is 699. The number of aromatic amines is 1. The van der Waals surface area contributed by atoms with Gasteiger partial charge in [0.1, 0.15) is 5.82 Å². The van der Waals surface area contributed by atoms with Gasteiger partial charge in [0, 0.05) is 5.02 Å². The minimum Gasteiger partial charge on any atom is -0.468 e. The molecule has 2 aromatic rings. The van der Waals surface area contributed by atoms with Crippen LogP contribution in [0.25, 0.3) is 10.9 Å². The van der Waals surface area contributed by atoms with Crippen LogP contribution in [-0.2, 0) is 16.1 Å². The lowest BCUT2D eigenvalue weighted by molar-refractivity contribution is -0.141. The van der Waals surface area contributed by atoms with Gasteiger partial charge in [0.15, 0.2) is 0 Å². The second-order valence-electron chi connectivity index (χ2n) is 4.42. The molecule has 0 aliphatic rings. The second-order valence-corrected chi connectivity index (χ2v) is 4.86. The predicted molar refractivity (Wildman–Crippen MR) is 75.7 cm³/mol. The lowest BCUT2D eigenvalue weighted by atomic mass is 10.2. The first-order chi connectivity index (χ1) is 9.49. The summed E-state index contributed by atoms with van der Waals surface area (Å²) < 4.78 is 4.58. The monoisotopic (exact) mass is 295 g/mol. The van der Waals surface area contributed by atoms with Crippen LogP contribution in [0.15, 0.2) is 23.0 Å². The first-order valence-electron chi connectivity index (χ1n) is 5.93. The number of methoxy groups -OCH3 is 1. The van der Waals surface area contributed by atoms with Crippen LogP contribution in [-0.4, -0.2) is 41.5 Å². The zero-order valence-electron chi connectivity index (χ0n) is 11.1. The lowest BCUT2D eigenvalue weighted by Crippen LogP contribution is -2.28. The summed E-state index contributed by atoms with van der Waals surface area (Å²) >= 11 is 5.89. The summed E-state index contributed by atoms with van der Waals surface area (Å²) in [5, 5.41) is 0.998. The minimum atomic E-state index is -0.348. The molecule has 0 radical (unpaired) electrons. The van der Waals surface area contributed by atoms with Crippen LogP contribution >= 0.6 is 11.6 Å². The Morgan fingerprint density at radius 3 is 2.95 bits per heavy atom. The number of aromatic nitrogens is 2. The standard InChI is InChI=1S/C13H14ClN3O3/c1-17(7-12(18)20-2)6-11-15-10-5-8(14)3-4-9(10)13(19)16-11/h3-5H,6-7H2,1-2H3,(H,15,16,19). The molecular formula is C13H14ClN3O3. The maximum Gasteiger partial charge on any atom is 0.319 e. The van der Waals surface area contributed by atoms with E-state index in [9.17, 15) is 9.59 Å². The van der Waals surface area contributed by atoms with Crippen molar-refractivity contribution in [2.45, 2.75) is 6.54 Å². The molecule has 2 rings (SSSR count). The number of nitrogens with zero attached hydrogens (tertiary/aromatic N) is 2. The number of nitrogens with one attached hydrogen (secondary N) is 1. The van der Waals surface area contributed by atoms with Gasteiger partial charge >= 0.3 is 5.97 Å². The first-order valence-corrected chi connectivity index (χ1v) is 6.31. The Hall–Kier alpha value is -1.92. The van der Waals surface area contributed by atoms with Crippen LogP contribution in [0.5, 0.6) is 0 Å². The van der Waals surface area contributed by atoms with Gasteiger partial charge in [0.2, 0.25) is 0 Å². The van der Waals surface area contributed by atoms with Crippen LogP contribution in [0.2, 0.25) is 5.02 Å². The highest BCUT2D eigenvalue weighted by Crippen LogP contribution is 2.14. The van der Waals surface area contributed by atoms with E-state index in [2.05, 4.69) is 14.7 Å². The molecule has 1 aromatic carbocycles. The zero-order valence-corrected chi connectivity index (χ0v) is 11.9. The number of likely N-dealkylation sites (N-methyl/N-ethyl adjacent to an activating group) is 1. The summed E-state index contributed by atoms with van der Waals surface area (Å²) in [6.45, 7) is 0.445. The maximum absolute atomic E-state index is 11.9. The summed E-state index contributed by atoms with van der Waals surface area (Å²) in [6.07, 6.45) is 0. The maximum atomic E-state index is 11.9. The van der Waals surface area contributed by atoms with Crippen molar-refractivity contribution in [3.8, 4) is 0 Å². The van der Waals surface area contributed by atoms with Gasteiger partial charge in [-0.25, -0.2) is 4.98 Å². The van der Waals surface area contributed by atoms with Crippen LogP contribution < -0.4 is 5.56 Å². The second kappa shape index (κ2) is 6.02. The van der Waals surface area contributed by atoms with Gasteiger partial charge in [-0.2, -0.15) is 0 Å². The number of esters is 1. The highest BCUT2D eigenvalue weighted by Gasteiger charge is 2.10. The van der Waals surface area contributed by atoms with Crippen molar-refractivity contribution in [3.63, 3.8) is 0 Å². The van der Waals surface area contributed by atoms with E-state index in [1.165, 1.54) is 7.11 Å². The Morgan fingerprint density at radius 2 is 2.25 bits per heavy atom. The van der Waals surface area contributed by atoms with Crippen LogP contribution in [0, 0.1) is 0 Å². The molecular weight excluding hydrogens is 282 g/mol. The number of ether oxygens (including phenoxy) is 1. The summed E-state index contributed by atoms with van der Waals surface area (Å²) in [5.74, 6) is 0.120. The number of benzene rings is 1. The summed E-state index contributed by atoms with van der Waals surface area (Å²) in [5.41, 5.74) is 0.302. The number of hydrogen-bond acceptors (Lipinski definition) is 5. The molecule has 7 heteroatoms. The SMILES string of the molecule is COC(=O)CN(C)Cc1nc2cc(Cl)ccc2c(=O)[nH]1. The molecule has 0 unspecified atom stereocenters. The average Bonchev–Trinajstić information content (AvgIpc) is 2.37. The predicted octanol–water partition coefficient (Wildman–Crippen LogP) is 1.18. The van der Waals surface area contributed by atoms with Crippen LogP contribution in [0.4, 0.5) is 0 Å². The minimum absolute atomic E-state index is 0.119. The normalized spacial score (nSPS) is 11.0. The largest absolute Gasteiger partial charge is 0.468 e. The third kappa shape index (κ3) is 3.34. The Morgan fingerprint density at radius 1 is 1.50 bits per heavy atom. The number of halogens is 1. The summed E-state index contributed by atoms with van der Waals surface area (Å²) in [6, 6.07) is 4.91. The topological polar surface area (TPSA) is 75.3 Å². The van der Waals surface area contributed by atoms with E-state index >= 15 is 0 Å². The fourth-order valence-electron chi connectivity index (χ4n) is 1.83. The molecule has 0 saturated carbocycles. The van der Waals surface area contributed by atoms with E-state index in [0.29, 0.717) is 28.3 Å². The lowest BCUT2D eigenvalue weighted by Gasteiger charge is -2.14. The Balaban J connectivity index is 2.27. The summed E-state index contributed by atoms with van der Waals surface area (Å²) in [4.78, 5) is 31.8. The Kier molecular flexibility index (Phi) is 4.36. The molecule has 0 saturated heterocycles. The molecule has 6 nitrogen and oxygen atoms in total. The van der Waals surface area contributed by atoms with Crippen molar-refractivity contribution >= 4 is 28.5 Å². The molecule has 1 aromatic heterocycles. The summed E-state index contributed by atoms with van der Waals surface area (Å²) in [7, 11) is 3.06. The van der Waals surface area contributed by atoms with Gasteiger partial charge < -0.3 is 9.72 Å². The van der Waals surface area contributed by atoms with Gasteiger partial charge in [-0.1, -0.05) is 11.6 Å². The van der Waals surface area contributed by atoms with Crippen molar-refractivity contribution in [1.82, 2.24) is 14.9 Å². The number of rotatable bonds is 4. The average molecular weight is 296 g/mol. The van der Waals surface area contributed by atoms with Crippen molar-refractivity contribution in [2.75, 3.05) is 20.7 Å². The molecule has 0 spiro atoms. The van der Waals surface area contributed by atoms with Gasteiger partial charge in [0.25, 0.3) is 5.56 Å². The molecule has 0 atom stereocenters. The number of carbonyl (C=O) groups excluding carboxylic acids is 1. The third-order valence-corrected chi connectivity index (χ3v) is 3.00. The molecule has 106 valence electrons. The van der Waals surface area contributed by atoms with E-state index in [-0.39, 0.29) is 18.1 Å². The number of carbonyl (C=O) groups is 1. The van der Waals surface area contributed by atoms with Crippen molar-refractivity contribution in [3.05, 3.63) is 39.4 Å². The molecule has 0 fully saturated rings. The quantitative estimate of drug-likeness (QED) is 0.857. The molecule has 0 amide bonds. The van der Waals surface area contributed by atoms with E-state index < -0.39 is 0 Å². The van der Waals surface area contributed by atoms with E-state index in [0.717, 1.165) is 0 Å². The smallest absolute Gasteiger partial charge is 0.319 e. The molecule has 0 bridgehead atoms. The van der Waals surface area contributed by atoms with Gasteiger partial charge in [-0.3, -0.25) is 14.5 Å². The number of fused-ring (bicyclic) bond motifs is 1.